The third kappa shape index (κ3) is 33.0. The van der Waals surface area contributed by atoms with Crippen LogP contribution in [0.25, 0.3) is 0 Å². The van der Waals surface area contributed by atoms with Crippen LogP contribution in [0.4, 0.5) is 0 Å². The minimum atomic E-state index is -1.64. The maximum Gasteiger partial charge on any atom is 0.132 e. The van der Waals surface area contributed by atoms with Gasteiger partial charge in [0.15, 0.2) is 0 Å². The van der Waals surface area contributed by atoms with Crippen LogP contribution in [0.3, 0.4) is 0 Å². The van der Waals surface area contributed by atoms with E-state index in [1.54, 1.807) is 5.57 Å². The third-order valence-electron chi connectivity index (χ3n) is 29.0. The maximum absolute atomic E-state index is 11.0. The Labute approximate surface area is 822 Å². The Morgan fingerprint density at radius 2 is 0.618 bits per heavy atom. The molecule has 4 unspecified atom stereocenters. The van der Waals surface area contributed by atoms with Crippen LogP contribution in [0, 0.1) is 46.3 Å². The lowest BCUT2D eigenvalue weighted by molar-refractivity contribution is -0.282. The summed E-state index contributed by atoms with van der Waals surface area (Å²) in [5.41, 5.74) is -2.98. The molecule has 38 nitrogen and oxygen atoms in total. The highest BCUT2D eigenvalue weighted by atomic mass is 32.2. The zero-order valence-corrected chi connectivity index (χ0v) is 84.0. The van der Waals surface area contributed by atoms with Crippen molar-refractivity contribution in [1.29, 1.82) is 0 Å². The topological polar surface area (TPSA) is 571 Å². The summed E-state index contributed by atoms with van der Waals surface area (Å²) >= 11 is 5.50. The number of aliphatic hydroxyl groups excluding tert-OH is 20. The summed E-state index contributed by atoms with van der Waals surface area (Å²) in [7, 11) is 0. The smallest absolute Gasteiger partial charge is 0.132 e. The highest BCUT2D eigenvalue weighted by Crippen LogP contribution is 2.68. The van der Waals surface area contributed by atoms with Gasteiger partial charge in [0, 0.05) is 46.2 Å². The van der Waals surface area contributed by atoms with Crippen molar-refractivity contribution in [2.75, 3.05) is 187 Å². The number of ether oxygens (including phenoxy) is 18. The predicted octanol–water partition coefficient (Wildman–Crippen LogP) is -0.157. The molecular formula is C93H166O38S5. The molecule has 20 N–H and O–H groups in total. The first-order chi connectivity index (χ1) is 65.6. The van der Waals surface area contributed by atoms with Gasteiger partial charge >= 0.3 is 0 Å². The summed E-state index contributed by atoms with van der Waals surface area (Å²) in [6.07, 6.45) is -18.1. The average molecular weight is 2050 g/mol. The van der Waals surface area contributed by atoms with Gasteiger partial charge in [-0.2, -0.15) is 0 Å². The number of hydrogen-bond donors (Lipinski definition) is 20. The fourth-order valence-electron chi connectivity index (χ4n) is 21.3. The Morgan fingerprint density at radius 3 is 0.926 bits per heavy atom. The van der Waals surface area contributed by atoms with E-state index in [0.717, 1.165) is 107 Å². The second-order valence-electron chi connectivity index (χ2n) is 38.7. The quantitative estimate of drug-likeness (QED) is 0.0278. The zero-order chi connectivity index (χ0) is 98.0. The van der Waals surface area contributed by atoms with E-state index >= 15 is 0 Å². The molecule has 796 valence electrons. The molecule has 5 aliphatic carbocycles. The van der Waals surface area contributed by atoms with Crippen molar-refractivity contribution in [2.24, 2.45) is 46.3 Å². The minimum Gasteiger partial charge on any atom is -0.394 e. The number of rotatable bonds is 64. The number of allylic oxidation sites excluding steroid dienone is 1. The van der Waals surface area contributed by atoms with Gasteiger partial charge < -0.3 is 187 Å². The molecule has 0 aromatic heterocycles. The Balaban J connectivity index is 0.735. The third-order valence-corrected chi connectivity index (χ3v) is 35.2. The molecule has 0 spiro atoms. The van der Waals surface area contributed by atoms with Gasteiger partial charge in [-0.15, -0.1) is 58.8 Å². The van der Waals surface area contributed by atoms with Gasteiger partial charge in [0.2, 0.25) is 0 Å². The lowest BCUT2D eigenvalue weighted by Gasteiger charge is -2.58. The maximum atomic E-state index is 11.0. The first-order valence-corrected chi connectivity index (χ1v) is 54.9. The number of fused-ring (bicyclic) bond motifs is 5. The predicted molar refractivity (Wildman–Crippen MR) is 505 cm³/mol. The Bertz CT molecular complexity index is 3130. The SMILES string of the molecule is CC(C)CCC[C@@H](C)[C@H]1CC[C@H]2[C@@H]3CC=C4C[C@H](OCCOCCOCCOCCOCCOCCOCCCOC5C(OCCCS[C@@H]6O[C@H](CO)[C@H](O)[C@H](O)[C@H]6O)C(OCCCS[C@@H]6O[C@H](CO)[C@H](O)[C@H](O)[C@H]6O)C(OCCCS[C@@H]6O[C@H](CO)[C@H](O)[C@H](O)[C@H]6O)C(OCCCS[C@@H]6O[C@H](CO)[C@H](O)[C@H](O)[C@H]6O)C5OCCCS[C@@H]5O[C@H](CO)[C@H](O)[C@H](O)[C@H]5O)CC[C@]4(C)[C@H]3CC[C@]12C. The molecule has 9 fully saturated rings. The van der Waals surface area contributed by atoms with E-state index in [9.17, 15) is 102 Å². The molecule has 0 radical (unpaired) electrons. The van der Waals surface area contributed by atoms with Crippen LogP contribution in [-0.2, 0) is 85.3 Å². The van der Waals surface area contributed by atoms with Gasteiger partial charge in [-0.05, 0) is 165 Å². The molecule has 0 amide bonds. The molecule has 136 heavy (non-hydrogen) atoms. The van der Waals surface area contributed by atoms with Crippen LogP contribution < -0.4 is 0 Å². The molecular weight excluding hydrogens is 1890 g/mol. The summed E-state index contributed by atoms with van der Waals surface area (Å²) in [4.78, 5) is 0. The van der Waals surface area contributed by atoms with E-state index in [2.05, 4.69) is 40.7 Å². The normalized spacial score (nSPS) is 40.2. The van der Waals surface area contributed by atoms with Crippen LogP contribution in [0.15, 0.2) is 11.6 Å². The number of thioether (sulfide) groups is 5. The standard InChI is InChI=1S/C93H166O38S5/c1-53(2)13-6-14-54(3)58-17-18-59-57-16-15-55-47-56(19-21-92(55,4)60(57)20-22-93(58,59)5)120-41-40-119-39-38-118-37-36-117-35-34-116-33-32-115-31-30-114-23-7-24-121-81-82(122-25-8-42-132-87-76(109)71(104)66(99)61(48-94)127-87)84(124-27-10-44-134-89-78(111)73(106)68(101)63(50-96)129-89)86(126-29-12-46-136-91-80(113)75(108)70(103)65(52-98)131-91)85(125-28-11-45-135-90-79(112)74(107)69(102)64(51-97)130-90)83(81)123-26-9-43-133-88-77(110)72(105)67(100)62(49-95)128-88/h15,53-54,56-91,94-113H,6-14,16-52H2,1-5H3/t54-,56-,57+,58-,59+,60+,61-,62-,63-,64-,65-,66+,67+,68+,69+,70+,71+,72+,73+,74+,75+,76-,77-,78-,79-,80-,81?,82?,83?,84?,85?,86?,87+,88+,89+,90+,91+,92+,93-/m1/s1. The lowest BCUT2D eigenvalue weighted by Crippen LogP contribution is -2.68. The summed E-state index contributed by atoms with van der Waals surface area (Å²) in [6, 6.07) is 0. The van der Waals surface area contributed by atoms with Gasteiger partial charge in [0.05, 0.1) is 118 Å². The van der Waals surface area contributed by atoms with Crippen LogP contribution in [0.5, 0.6) is 0 Å². The van der Waals surface area contributed by atoms with Gasteiger partial charge in [0.25, 0.3) is 0 Å². The van der Waals surface area contributed by atoms with E-state index in [1.165, 1.54) is 57.8 Å². The summed E-state index contributed by atoms with van der Waals surface area (Å²) in [5, 5.41) is 211. The van der Waals surface area contributed by atoms with E-state index < -0.39 is 219 Å². The summed E-state index contributed by atoms with van der Waals surface area (Å²) < 4.78 is 113. The van der Waals surface area contributed by atoms with Crippen LogP contribution in [0.2, 0.25) is 0 Å². The van der Waals surface area contributed by atoms with E-state index in [4.69, 9.17) is 85.3 Å². The van der Waals surface area contributed by atoms with Crippen molar-refractivity contribution < 1.29 is 187 Å². The average Bonchev–Trinajstić information content (AvgIpc) is 1.44. The fraction of sp³-hybridized carbons (Fsp3) is 0.978. The molecule has 0 aromatic carbocycles. The van der Waals surface area contributed by atoms with E-state index in [1.807, 2.05) is 0 Å². The minimum absolute atomic E-state index is 0.00171. The van der Waals surface area contributed by atoms with Crippen molar-refractivity contribution in [1.82, 2.24) is 0 Å². The van der Waals surface area contributed by atoms with Crippen LogP contribution in [0.1, 0.15) is 144 Å². The molecule has 43 heteroatoms. The van der Waals surface area contributed by atoms with Crippen molar-refractivity contribution >= 4 is 58.8 Å². The lowest BCUT2D eigenvalue weighted by atomic mass is 9.47. The zero-order valence-electron chi connectivity index (χ0n) is 79.9. The van der Waals surface area contributed by atoms with Gasteiger partial charge in [-0.3, -0.25) is 0 Å². The highest BCUT2D eigenvalue weighted by Gasteiger charge is 2.61. The monoisotopic (exact) mass is 2050 g/mol. The first kappa shape index (κ1) is 118. The Kier molecular flexibility index (Phi) is 53.0. The second-order valence-corrected chi connectivity index (χ2v) is 44.7. The molecule has 5 heterocycles. The van der Waals surface area contributed by atoms with Crippen molar-refractivity contribution in [3.05, 3.63) is 11.6 Å². The van der Waals surface area contributed by atoms with Crippen LogP contribution in [-0.4, -0.2) is 481 Å². The molecule has 10 rings (SSSR count). The second kappa shape index (κ2) is 61.2. The molecule has 10 aliphatic rings. The summed E-state index contributed by atoms with van der Waals surface area (Å²) in [5.74, 6) is 6.01. The van der Waals surface area contributed by atoms with E-state index in [0.29, 0.717) is 71.3 Å². The van der Waals surface area contributed by atoms with E-state index in [-0.39, 0.29) is 138 Å². The summed E-state index contributed by atoms with van der Waals surface area (Å²) in [6.45, 7) is 13.7. The van der Waals surface area contributed by atoms with Gasteiger partial charge in [-0.25, -0.2) is 0 Å². The van der Waals surface area contributed by atoms with Gasteiger partial charge in [-0.1, -0.05) is 65.5 Å². The molecule has 4 saturated carbocycles. The largest absolute Gasteiger partial charge is 0.394 e. The van der Waals surface area contributed by atoms with Crippen LogP contribution >= 0.6 is 58.8 Å². The molecule has 0 aromatic rings. The first-order valence-electron chi connectivity index (χ1n) is 49.6. The molecule has 37 atom stereocenters. The van der Waals surface area contributed by atoms with Crippen molar-refractivity contribution in [3.8, 4) is 0 Å². The number of aliphatic hydroxyl groups is 20. The highest BCUT2D eigenvalue weighted by molar-refractivity contribution is 8.00. The van der Waals surface area contributed by atoms with Crippen molar-refractivity contribution in [3.63, 3.8) is 0 Å². The van der Waals surface area contributed by atoms with Gasteiger partial charge in [0.1, 0.15) is 186 Å². The Morgan fingerprint density at radius 1 is 0.316 bits per heavy atom. The molecule has 0 bridgehead atoms. The van der Waals surface area contributed by atoms with Crippen molar-refractivity contribution in [2.45, 2.75) is 336 Å². The molecule has 5 saturated heterocycles. The fourth-order valence-corrected chi connectivity index (χ4v) is 26.8. The molecule has 5 aliphatic heterocycles. The number of hydrogen-bond acceptors (Lipinski definition) is 43. The Hall–Kier alpha value is -0.0300.